The third-order valence-corrected chi connectivity index (χ3v) is 11.2. The molecule has 3 N–H and O–H groups in total. The minimum absolute atomic E-state index is 0.138. The van der Waals surface area contributed by atoms with Crippen molar-refractivity contribution >= 4 is 26.7 Å². The number of fused-ring (bicyclic) bond motifs is 4. The van der Waals surface area contributed by atoms with Gasteiger partial charge in [-0.05, 0) is 74.9 Å². The van der Waals surface area contributed by atoms with Crippen LogP contribution in [0, 0.1) is 5.92 Å². The fraction of sp³-hybridized carbons (Fsp3) is 0.485. The monoisotopic (exact) mass is 592 g/mol. The van der Waals surface area contributed by atoms with E-state index in [9.17, 15) is 18.3 Å². The molecule has 8 nitrogen and oxygen atoms in total. The molecule has 6 rings (SSSR count). The predicted octanol–water partition coefficient (Wildman–Crippen LogP) is 4.36. The molecule has 1 heterocycles. The van der Waals surface area contributed by atoms with Crippen LogP contribution < -0.4 is 14.8 Å². The molecule has 0 radical (unpaired) electrons. The van der Waals surface area contributed by atoms with Crippen molar-refractivity contribution in [1.82, 2.24) is 10.0 Å². The van der Waals surface area contributed by atoms with Crippen LogP contribution >= 0.6 is 0 Å². The topological polar surface area (TPSA) is 114 Å². The van der Waals surface area contributed by atoms with Gasteiger partial charge in [0.25, 0.3) is 0 Å². The first-order chi connectivity index (χ1) is 19.9. The molecule has 42 heavy (non-hydrogen) atoms. The van der Waals surface area contributed by atoms with Gasteiger partial charge in [-0.15, -0.1) is 0 Å². The highest BCUT2D eigenvalue weighted by atomic mass is 32.2. The molecule has 2 saturated carbocycles. The van der Waals surface area contributed by atoms with E-state index in [1.807, 2.05) is 37.3 Å². The van der Waals surface area contributed by atoms with Crippen LogP contribution in [0.2, 0.25) is 0 Å². The van der Waals surface area contributed by atoms with Gasteiger partial charge in [-0.3, -0.25) is 9.52 Å². The normalized spacial score (nSPS) is 23.4. The smallest absolute Gasteiger partial charge is 0.241 e. The van der Waals surface area contributed by atoms with Crippen LogP contribution in [0.4, 0.5) is 0 Å². The molecule has 2 fully saturated rings. The quantitative estimate of drug-likeness (QED) is 0.286. The van der Waals surface area contributed by atoms with E-state index < -0.39 is 32.7 Å². The lowest BCUT2D eigenvalue weighted by Crippen LogP contribution is -2.46. The highest BCUT2D eigenvalue weighted by molar-refractivity contribution is 7.91. The second kappa shape index (κ2) is 10.6. The lowest BCUT2D eigenvalue weighted by atomic mass is 9.93. The highest BCUT2D eigenvalue weighted by Crippen LogP contribution is 2.60. The van der Waals surface area contributed by atoms with Gasteiger partial charge in [0.2, 0.25) is 15.9 Å². The predicted molar refractivity (Wildman–Crippen MR) is 162 cm³/mol. The van der Waals surface area contributed by atoms with Crippen LogP contribution in [-0.2, 0) is 26.0 Å². The van der Waals surface area contributed by atoms with Gasteiger partial charge in [-0.25, -0.2) is 8.42 Å². The number of ether oxygens (including phenoxy) is 2. The lowest BCUT2D eigenvalue weighted by molar-refractivity contribution is -0.121. The van der Waals surface area contributed by atoms with Gasteiger partial charge >= 0.3 is 0 Å². The SMILES string of the molecule is C[C@@H](OC[C@H](O)CNC(C)(C)Cc1ccc2ccccc2c1)c1cccc2c1[C@@H]1[C@H](O2)[C@H]1C(=O)NS(=O)(=O)C1(C)CC1. The number of amides is 1. The summed E-state index contributed by atoms with van der Waals surface area (Å²) in [6, 6.07) is 20.5. The average Bonchev–Trinajstić information content (AvgIpc) is 3.84. The van der Waals surface area contributed by atoms with Crippen LogP contribution in [0.5, 0.6) is 5.75 Å². The van der Waals surface area contributed by atoms with Crippen molar-refractivity contribution in [3.8, 4) is 5.75 Å². The van der Waals surface area contributed by atoms with Crippen molar-refractivity contribution in [3.05, 3.63) is 77.4 Å². The molecule has 0 aromatic heterocycles. The Balaban J connectivity index is 1.02. The van der Waals surface area contributed by atoms with Crippen LogP contribution in [0.25, 0.3) is 10.8 Å². The molecule has 224 valence electrons. The summed E-state index contributed by atoms with van der Waals surface area (Å²) in [5.41, 5.74) is 2.79. The van der Waals surface area contributed by atoms with E-state index in [2.05, 4.69) is 54.2 Å². The Labute approximate surface area is 247 Å². The zero-order valence-corrected chi connectivity index (χ0v) is 25.4. The van der Waals surface area contributed by atoms with E-state index in [1.165, 1.54) is 16.3 Å². The summed E-state index contributed by atoms with van der Waals surface area (Å²) in [6.07, 6.45) is 0.521. The fourth-order valence-electron chi connectivity index (χ4n) is 6.10. The van der Waals surface area contributed by atoms with E-state index in [4.69, 9.17) is 9.47 Å². The maximum atomic E-state index is 12.9. The number of hydrogen-bond donors (Lipinski definition) is 3. The molecule has 1 aliphatic heterocycles. The second-order valence-electron chi connectivity index (χ2n) is 13.1. The lowest BCUT2D eigenvalue weighted by Gasteiger charge is -2.28. The summed E-state index contributed by atoms with van der Waals surface area (Å²) in [4.78, 5) is 12.9. The zero-order valence-electron chi connectivity index (χ0n) is 24.6. The highest BCUT2D eigenvalue weighted by Gasteiger charge is 2.64. The molecule has 9 heteroatoms. The Morgan fingerprint density at radius 2 is 1.86 bits per heavy atom. The average molecular weight is 593 g/mol. The fourth-order valence-corrected chi connectivity index (χ4v) is 7.38. The number of carbonyl (C=O) groups excluding carboxylic acids is 1. The Hall–Kier alpha value is -2.98. The summed E-state index contributed by atoms with van der Waals surface area (Å²) in [5, 5.41) is 16.7. The van der Waals surface area contributed by atoms with Crippen LogP contribution in [-0.4, -0.2) is 55.1 Å². The van der Waals surface area contributed by atoms with Gasteiger partial charge < -0.3 is 19.9 Å². The van der Waals surface area contributed by atoms with Crippen molar-refractivity contribution in [1.29, 1.82) is 0 Å². The molecular weight excluding hydrogens is 552 g/mol. The molecule has 1 amide bonds. The van der Waals surface area contributed by atoms with Gasteiger partial charge in [-0.2, -0.15) is 0 Å². The maximum Gasteiger partial charge on any atom is 0.241 e. The molecule has 2 aliphatic carbocycles. The third-order valence-electron chi connectivity index (χ3n) is 9.04. The second-order valence-corrected chi connectivity index (χ2v) is 15.3. The van der Waals surface area contributed by atoms with E-state index in [-0.39, 0.29) is 30.3 Å². The molecule has 3 aromatic rings. The first kappa shape index (κ1) is 29.1. The van der Waals surface area contributed by atoms with E-state index in [1.54, 1.807) is 6.92 Å². The first-order valence-corrected chi connectivity index (χ1v) is 16.2. The molecule has 0 spiro atoms. The van der Waals surface area contributed by atoms with Crippen LogP contribution in [0.3, 0.4) is 0 Å². The Morgan fingerprint density at radius 3 is 2.60 bits per heavy atom. The van der Waals surface area contributed by atoms with E-state index in [0.717, 1.165) is 17.5 Å². The maximum absolute atomic E-state index is 12.9. The molecule has 0 saturated heterocycles. The van der Waals surface area contributed by atoms with Gasteiger partial charge in [0.1, 0.15) is 11.9 Å². The van der Waals surface area contributed by atoms with Crippen molar-refractivity contribution in [2.75, 3.05) is 13.2 Å². The number of hydrogen-bond acceptors (Lipinski definition) is 7. The van der Waals surface area contributed by atoms with Crippen molar-refractivity contribution in [2.24, 2.45) is 5.92 Å². The van der Waals surface area contributed by atoms with E-state index in [0.29, 0.717) is 25.1 Å². The Kier molecular flexibility index (Phi) is 7.37. The van der Waals surface area contributed by atoms with Crippen molar-refractivity contribution in [3.63, 3.8) is 0 Å². The third kappa shape index (κ3) is 5.67. The summed E-state index contributed by atoms with van der Waals surface area (Å²) in [5.74, 6) is -0.536. The molecular formula is C33H40N2O6S. The number of β-amino-alcohol motifs (C(OH)–C–C–N with tert-alkyl or cyclic N) is 1. The summed E-state index contributed by atoms with van der Waals surface area (Å²) in [7, 11) is -3.70. The molecule has 0 unspecified atom stereocenters. The van der Waals surface area contributed by atoms with Gasteiger partial charge in [0.05, 0.1) is 29.5 Å². The molecule has 0 bridgehead atoms. The Morgan fingerprint density at radius 1 is 1.12 bits per heavy atom. The number of aliphatic hydroxyl groups is 1. The largest absolute Gasteiger partial charge is 0.489 e. The van der Waals surface area contributed by atoms with Gasteiger partial charge in [0, 0.05) is 23.6 Å². The molecule has 3 aliphatic rings. The summed E-state index contributed by atoms with van der Waals surface area (Å²) in [6.45, 7) is 8.35. The number of rotatable bonds is 12. The number of aliphatic hydroxyl groups excluding tert-OH is 1. The Bertz CT molecular complexity index is 1620. The zero-order chi connectivity index (χ0) is 29.9. The van der Waals surface area contributed by atoms with Crippen LogP contribution in [0.1, 0.15) is 69.2 Å². The van der Waals surface area contributed by atoms with Gasteiger partial charge in [0.15, 0.2) is 0 Å². The minimum Gasteiger partial charge on any atom is -0.489 e. The minimum atomic E-state index is -3.70. The van der Waals surface area contributed by atoms with E-state index >= 15 is 0 Å². The number of carbonyl (C=O) groups is 1. The van der Waals surface area contributed by atoms with Crippen molar-refractivity contribution in [2.45, 2.75) is 81.5 Å². The number of benzene rings is 3. The van der Waals surface area contributed by atoms with Crippen LogP contribution in [0.15, 0.2) is 60.7 Å². The number of nitrogens with one attached hydrogen (secondary N) is 2. The summed E-state index contributed by atoms with van der Waals surface area (Å²) >= 11 is 0. The standard InChI is InChI=1S/C33H40N2O6S/c1-20(40-19-24(36)18-34-32(2,3)17-21-12-13-22-8-5-6-9-23(22)16-21)25-10-7-11-26-27(25)28-29(30(28)41-26)31(37)35-42(38,39)33(4)14-15-33/h5-13,16,20,24,28-30,34,36H,14-15,17-19H2,1-4H3,(H,35,37)/t20-,24-,28+,29+,30+/m1/s1. The summed E-state index contributed by atoms with van der Waals surface area (Å²) < 4.78 is 38.7. The number of sulfonamides is 1. The molecule has 3 aromatic carbocycles. The molecule has 5 atom stereocenters. The first-order valence-electron chi connectivity index (χ1n) is 14.8. The van der Waals surface area contributed by atoms with Gasteiger partial charge in [-0.1, -0.05) is 54.6 Å². The van der Waals surface area contributed by atoms with Crippen molar-refractivity contribution < 1.29 is 27.8 Å².